The molecule has 0 aromatic carbocycles. The Hall–Kier alpha value is -0.760. The van der Waals surface area contributed by atoms with Crippen LogP contribution in [0.2, 0.25) is 0 Å². The predicted molar refractivity (Wildman–Crippen MR) is 84.9 cm³/mol. The second-order valence-electron chi connectivity index (χ2n) is 6.36. The summed E-state index contributed by atoms with van der Waals surface area (Å²) < 4.78 is 2.31. The Morgan fingerprint density at radius 3 is 2.60 bits per heavy atom. The Balaban J connectivity index is 1.70. The zero-order chi connectivity index (χ0) is 14.2. The van der Waals surface area contributed by atoms with Gasteiger partial charge in [-0.2, -0.15) is 0 Å². The average Bonchev–Trinajstić information content (AvgIpc) is 2.78. The maximum Gasteiger partial charge on any atom is 0.0807 e. The number of nitrogens with zero attached hydrogens (tertiary/aromatic N) is 1. The molecule has 0 bridgehead atoms. The maximum atomic E-state index is 10.1. The van der Waals surface area contributed by atoms with Crippen LogP contribution in [0, 0.1) is 0 Å². The molecule has 2 rings (SSSR count). The van der Waals surface area contributed by atoms with Gasteiger partial charge in [0.2, 0.25) is 0 Å². The van der Waals surface area contributed by atoms with Gasteiger partial charge in [0.05, 0.1) is 6.10 Å². The third-order valence-corrected chi connectivity index (χ3v) is 4.55. The molecule has 114 valence electrons. The summed E-state index contributed by atoms with van der Waals surface area (Å²) in [7, 11) is 0. The van der Waals surface area contributed by atoms with E-state index in [1.807, 2.05) is 0 Å². The Bertz CT molecular complexity index is 383. The van der Waals surface area contributed by atoms with Gasteiger partial charge in [0.1, 0.15) is 0 Å². The van der Waals surface area contributed by atoms with E-state index in [1.165, 1.54) is 62.5 Å². The summed E-state index contributed by atoms with van der Waals surface area (Å²) in [4.78, 5) is 0. The molecule has 1 aliphatic rings. The van der Waals surface area contributed by atoms with E-state index in [0.29, 0.717) is 0 Å². The second-order valence-corrected chi connectivity index (χ2v) is 6.36. The fraction of sp³-hybridized carbons (Fsp3) is 0.778. The number of aromatic nitrogens is 1. The number of unbranched alkanes of at least 4 members (excludes halogenated alkanes) is 6. The van der Waals surface area contributed by atoms with Crippen LogP contribution in [0.1, 0.15) is 88.4 Å². The Labute approximate surface area is 124 Å². The molecule has 0 aliphatic heterocycles. The molecule has 1 aliphatic carbocycles. The van der Waals surface area contributed by atoms with E-state index in [0.717, 1.165) is 25.8 Å². The van der Waals surface area contributed by atoms with E-state index < -0.39 is 0 Å². The number of fused-ring (bicyclic) bond motifs is 1. The van der Waals surface area contributed by atoms with Crippen molar-refractivity contribution in [1.29, 1.82) is 0 Å². The van der Waals surface area contributed by atoms with Gasteiger partial charge in [-0.15, -0.1) is 0 Å². The Morgan fingerprint density at radius 1 is 1.05 bits per heavy atom. The molecule has 0 fully saturated rings. The highest BCUT2D eigenvalue weighted by Gasteiger charge is 2.18. The fourth-order valence-electron chi connectivity index (χ4n) is 3.27. The Kier molecular flexibility index (Phi) is 6.65. The van der Waals surface area contributed by atoms with Crippen molar-refractivity contribution in [3.8, 4) is 0 Å². The van der Waals surface area contributed by atoms with Crippen LogP contribution >= 0.6 is 0 Å². The van der Waals surface area contributed by atoms with E-state index in [2.05, 4.69) is 23.9 Å². The monoisotopic (exact) mass is 277 g/mol. The van der Waals surface area contributed by atoms with Crippen LogP contribution in [0.5, 0.6) is 0 Å². The minimum absolute atomic E-state index is 0.220. The van der Waals surface area contributed by atoms with Crippen molar-refractivity contribution < 1.29 is 5.11 Å². The highest BCUT2D eigenvalue weighted by atomic mass is 16.3. The minimum atomic E-state index is -0.220. The fourth-order valence-corrected chi connectivity index (χ4v) is 3.27. The van der Waals surface area contributed by atoms with Crippen LogP contribution in [0.15, 0.2) is 12.4 Å². The van der Waals surface area contributed by atoms with Crippen LogP contribution in [0.3, 0.4) is 0 Å². The molecule has 2 nitrogen and oxygen atoms in total. The van der Waals surface area contributed by atoms with Crippen molar-refractivity contribution >= 4 is 0 Å². The Morgan fingerprint density at radius 2 is 1.80 bits per heavy atom. The van der Waals surface area contributed by atoms with Gasteiger partial charge < -0.3 is 9.67 Å². The zero-order valence-electron chi connectivity index (χ0n) is 13.1. The molecule has 1 aromatic heterocycles. The number of hydrogen-bond donors (Lipinski definition) is 1. The molecule has 1 aromatic rings. The van der Waals surface area contributed by atoms with Crippen molar-refractivity contribution in [3.63, 3.8) is 0 Å². The molecular formula is C18H31NO. The van der Waals surface area contributed by atoms with Crippen LogP contribution in [0.4, 0.5) is 0 Å². The van der Waals surface area contributed by atoms with Crippen LogP contribution in [0.25, 0.3) is 0 Å². The molecular weight excluding hydrogens is 246 g/mol. The normalized spacial score (nSPS) is 18.8. The lowest BCUT2D eigenvalue weighted by atomic mass is 10.1. The molecule has 20 heavy (non-hydrogen) atoms. The molecule has 1 unspecified atom stereocenters. The van der Waals surface area contributed by atoms with Crippen LogP contribution < -0.4 is 0 Å². The van der Waals surface area contributed by atoms with Crippen LogP contribution in [-0.4, -0.2) is 9.67 Å². The SMILES string of the molecule is CCCCCCCCCn1cc2c(c1)C(O)CCCC2. The standard InChI is InChI=1S/C18H31NO/c1-2-3-4-5-6-7-10-13-19-14-16-11-8-9-12-18(20)17(16)15-19/h14-15,18,20H,2-13H2,1H3. The number of aliphatic hydroxyl groups excluding tert-OH is 1. The lowest BCUT2D eigenvalue weighted by molar-refractivity contribution is 0.166. The van der Waals surface area contributed by atoms with Crippen molar-refractivity contribution in [2.45, 2.75) is 90.2 Å². The topological polar surface area (TPSA) is 25.2 Å². The van der Waals surface area contributed by atoms with E-state index in [-0.39, 0.29) is 6.10 Å². The summed E-state index contributed by atoms with van der Waals surface area (Å²) in [6, 6.07) is 0. The smallest absolute Gasteiger partial charge is 0.0807 e. The molecule has 1 atom stereocenters. The molecule has 2 heteroatoms. The van der Waals surface area contributed by atoms with Gasteiger partial charge in [-0.1, -0.05) is 51.9 Å². The van der Waals surface area contributed by atoms with Gasteiger partial charge in [0.15, 0.2) is 0 Å². The first kappa shape index (κ1) is 15.6. The number of aryl methyl sites for hydroxylation is 2. The summed E-state index contributed by atoms with van der Waals surface area (Å²) in [5, 5.41) is 10.1. The first-order valence-corrected chi connectivity index (χ1v) is 8.68. The van der Waals surface area contributed by atoms with Crippen molar-refractivity contribution in [1.82, 2.24) is 4.57 Å². The van der Waals surface area contributed by atoms with Crippen LogP contribution in [-0.2, 0) is 13.0 Å². The zero-order valence-corrected chi connectivity index (χ0v) is 13.1. The van der Waals surface area contributed by atoms with Gasteiger partial charge in [-0.25, -0.2) is 0 Å². The molecule has 0 saturated carbocycles. The lowest BCUT2D eigenvalue weighted by Crippen LogP contribution is -1.97. The van der Waals surface area contributed by atoms with Gasteiger partial charge >= 0.3 is 0 Å². The summed E-state index contributed by atoms with van der Waals surface area (Å²) in [5.41, 5.74) is 2.59. The van der Waals surface area contributed by atoms with Crippen molar-refractivity contribution in [2.75, 3.05) is 0 Å². The largest absolute Gasteiger partial charge is 0.388 e. The molecule has 0 radical (unpaired) electrons. The average molecular weight is 277 g/mol. The lowest BCUT2D eigenvalue weighted by Gasteiger charge is -2.06. The first-order chi connectivity index (χ1) is 9.81. The molecule has 0 saturated heterocycles. The number of hydrogen-bond acceptors (Lipinski definition) is 1. The molecule has 0 amide bonds. The third-order valence-electron chi connectivity index (χ3n) is 4.55. The summed E-state index contributed by atoms with van der Waals surface area (Å²) >= 11 is 0. The van der Waals surface area contributed by atoms with E-state index in [9.17, 15) is 5.11 Å². The van der Waals surface area contributed by atoms with E-state index in [4.69, 9.17) is 0 Å². The molecule has 0 spiro atoms. The maximum absolute atomic E-state index is 10.1. The van der Waals surface area contributed by atoms with E-state index >= 15 is 0 Å². The molecule has 1 heterocycles. The number of rotatable bonds is 8. The summed E-state index contributed by atoms with van der Waals surface area (Å²) in [6.45, 7) is 3.39. The van der Waals surface area contributed by atoms with Crippen molar-refractivity contribution in [3.05, 3.63) is 23.5 Å². The van der Waals surface area contributed by atoms with Crippen molar-refractivity contribution in [2.24, 2.45) is 0 Å². The summed E-state index contributed by atoms with van der Waals surface area (Å²) in [6.07, 6.45) is 18.2. The summed E-state index contributed by atoms with van der Waals surface area (Å²) in [5.74, 6) is 0. The van der Waals surface area contributed by atoms with Gasteiger partial charge in [0.25, 0.3) is 0 Å². The second kappa shape index (κ2) is 8.51. The van der Waals surface area contributed by atoms with Gasteiger partial charge in [-0.05, 0) is 31.2 Å². The predicted octanol–water partition coefficient (Wildman–Crippen LogP) is 5.00. The molecule has 1 N–H and O–H groups in total. The first-order valence-electron chi connectivity index (χ1n) is 8.68. The quantitative estimate of drug-likeness (QED) is 0.525. The minimum Gasteiger partial charge on any atom is -0.388 e. The third kappa shape index (κ3) is 4.66. The van der Waals surface area contributed by atoms with E-state index in [1.54, 1.807) is 0 Å². The highest BCUT2D eigenvalue weighted by molar-refractivity contribution is 5.27. The van der Waals surface area contributed by atoms with Gasteiger partial charge in [0, 0.05) is 24.5 Å². The number of aliphatic hydroxyl groups is 1. The highest BCUT2D eigenvalue weighted by Crippen LogP contribution is 2.29. The van der Waals surface area contributed by atoms with Gasteiger partial charge in [-0.3, -0.25) is 0 Å².